The smallest absolute Gasteiger partial charge is 0.213 e. The van der Waals surface area contributed by atoms with Crippen molar-refractivity contribution < 1.29 is 9.90 Å². The van der Waals surface area contributed by atoms with E-state index < -0.39 is 6.10 Å². The highest BCUT2D eigenvalue weighted by molar-refractivity contribution is 6.11. The van der Waals surface area contributed by atoms with E-state index in [4.69, 9.17) is 5.73 Å². The van der Waals surface area contributed by atoms with Crippen molar-refractivity contribution in [2.75, 3.05) is 18.4 Å². The molecule has 0 fully saturated rings. The van der Waals surface area contributed by atoms with Crippen molar-refractivity contribution in [2.24, 2.45) is 5.73 Å². The number of benzene rings is 1. The molecule has 1 heterocycles. The molecule has 1 atom stereocenters. The molecule has 1 aromatic heterocycles. The quantitative estimate of drug-likeness (QED) is 0.670. The first-order valence-electron chi connectivity index (χ1n) is 6.89. The SMILES string of the molecule is NCC(O)CCNc1ccccc1C(=O)c1ccccn1. The molecular weight excluding hydrogens is 266 g/mol. The second kappa shape index (κ2) is 7.52. The largest absolute Gasteiger partial charge is 0.392 e. The van der Waals surface area contributed by atoms with Crippen LogP contribution in [0.25, 0.3) is 0 Å². The summed E-state index contributed by atoms with van der Waals surface area (Å²) in [7, 11) is 0. The molecule has 2 aromatic rings. The number of rotatable bonds is 7. The summed E-state index contributed by atoms with van der Waals surface area (Å²) in [5.74, 6) is -0.127. The number of nitrogens with zero attached hydrogens (tertiary/aromatic N) is 1. The maximum Gasteiger partial charge on any atom is 0.213 e. The van der Waals surface area contributed by atoms with E-state index in [1.807, 2.05) is 18.2 Å². The Bertz CT molecular complexity index is 587. The summed E-state index contributed by atoms with van der Waals surface area (Å²) in [5.41, 5.74) is 7.08. The number of ketones is 1. The second-order valence-corrected chi connectivity index (χ2v) is 4.69. The Morgan fingerprint density at radius 2 is 2.00 bits per heavy atom. The Morgan fingerprint density at radius 1 is 1.24 bits per heavy atom. The van der Waals surface area contributed by atoms with E-state index in [1.165, 1.54) is 0 Å². The lowest BCUT2D eigenvalue weighted by Crippen LogP contribution is -2.23. The Hall–Kier alpha value is -2.24. The van der Waals surface area contributed by atoms with E-state index in [0.29, 0.717) is 24.2 Å². The van der Waals surface area contributed by atoms with Gasteiger partial charge in [-0.3, -0.25) is 9.78 Å². The van der Waals surface area contributed by atoms with Gasteiger partial charge in [0.2, 0.25) is 5.78 Å². The summed E-state index contributed by atoms with van der Waals surface area (Å²) in [5, 5.41) is 12.6. The number of hydrogen-bond acceptors (Lipinski definition) is 5. The van der Waals surface area contributed by atoms with Crippen LogP contribution in [0, 0.1) is 0 Å². The molecule has 5 heteroatoms. The van der Waals surface area contributed by atoms with Crippen molar-refractivity contribution in [3.63, 3.8) is 0 Å². The van der Waals surface area contributed by atoms with E-state index in [2.05, 4.69) is 10.3 Å². The zero-order valence-electron chi connectivity index (χ0n) is 11.7. The number of nitrogens with two attached hydrogens (primary N) is 1. The van der Waals surface area contributed by atoms with Crippen LogP contribution in [0.15, 0.2) is 48.7 Å². The number of hydrogen-bond donors (Lipinski definition) is 3. The number of para-hydroxylation sites is 1. The standard InChI is InChI=1S/C16H19N3O2/c17-11-12(20)8-10-19-14-6-2-1-5-13(14)16(21)15-7-3-4-9-18-15/h1-7,9,12,19-20H,8,10-11,17H2. The summed E-state index contributed by atoms with van der Waals surface area (Å²) in [4.78, 5) is 16.5. The zero-order chi connectivity index (χ0) is 15.1. The van der Waals surface area contributed by atoms with Crippen LogP contribution in [0.5, 0.6) is 0 Å². The zero-order valence-corrected chi connectivity index (χ0v) is 11.7. The molecule has 21 heavy (non-hydrogen) atoms. The lowest BCUT2D eigenvalue weighted by Gasteiger charge is -2.12. The number of anilines is 1. The number of aliphatic hydroxyl groups is 1. The van der Waals surface area contributed by atoms with Gasteiger partial charge < -0.3 is 16.2 Å². The second-order valence-electron chi connectivity index (χ2n) is 4.69. The van der Waals surface area contributed by atoms with Crippen LogP contribution >= 0.6 is 0 Å². The maximum atomic E-state index is 12.4. The van der Waals surface area contributed by atoms with Crippen molar-refractivity contribution in [3.8, 4) is 0 Å². The summed E-state index contributed by atoms with van der Waals surface area (Å²) in [6, 6.07) is 12.5. The van der Waals surface area contributed by atoms with Crippen molar-refractivity contribution in [1.82, 2.24) is 4.98 Å². The minimum Gasteiger partial charge on any atom is -0.392 e. The highest BCUT2D eigenvalue weighted by Crippen LogP contribution is 2.18. The van der Waals surface area contributed by atoms with E-state index >= 15 is 0 Å². The van der Waals surface area contributed by atoms with E-state index in [-0.39, 0.29) is 12.3 Å². The third-order valence-corrected chi connectivity index (χ3v) is 3.13. The fourth-order valence-corrected chi connectivity index (χ4v) is 1.96. The molecule has 0 saturated carbocycles. The highest BCUT2D eigenvalue weighted by Gasteiger charge is 2.14. The van der Waals surface area contributed by atoms with Gasteiger partial charge in [-0.15, -0.1) is 0 Å². The van der Waals surface area contributed by atoms with Gasteiger partial charge in [0.05, 0.1) is 6.10 Å². The van der Waals surface area contributed by atoms with Crippen LogP contribution in [-0.2, 0) is 0 Å². The normalized spacial score (nSPS) is 11.9. The Morgan fingerprint density at radius 3 is 2.71 bits per heavy atom. The van der Waals surface area contributed by atoms with Gasteiger partial charge in [-0.2, -0.15) is 0 Å². The van der Waals surface area contributed by atoms with E-state index in [0.717, 1.165) is 5.69 Å². The molecule has 1 aromatic carbocycles. The van der Waals surface area contributed by atoms with Gasteiger partial charge in [-0.1, -0.05) is 18.2 Å². The predicted octanol–water partition coefficient (Wildman–Crippen LogP) is 1.43. The van der Waals surface area contributed by atoms with Crippen LogP contribution in [-0.4, -0.2) is 35.1 Å². The summed E-state index contributed by atoms with van der Waals surface area (Å²) in [6.45, 7) is 0.779. The fraction of sp³-hybridized carbons (Fsp3) is 0.250. The molecule has 2 rings (SSSR count). The molecule has 0 spiro atoms. The Labute approximate surface area is 123 Å². The first kappa shape index (κ1) is 15.2. The van der Waals surface area contributed by atoms with Gasteiger partial charge in [0, 0.05) is 30.5 Å². The lowest BCUT2D eigenvalue weighted by atomic mass is 10.1. The number of carbonyl (C=O) groups is 1. The third kappa shape index (κ3) is 4.11. The molecule has 5 nitrogen and oxygen atoms in total. The summed E-state index contributed by atoms with van der Waals surface area (Å²) in [6.07, 6.45) is 1.60. The van der Waals surface area contributed by atoms with Gasteiger partial charge in [-0.25, -0.2) is 0 Å². The van der Waals surface area contributed by atoms with Gasteiger partial charge in [0.15, 0.2) is 0 Å². The molecule has 4 N–H and O–H groups in total. The highest BCUT2D eigenvalue weighted by atomic mass is 16.3. The van der Waals surface area contributed by atoms with Gasteiger partial charge in [0.1, 0.15) is 5.69 Å². The molecule has 0 aliphatic rings. The van der Waals surface area contributed by atoms with Gasteiger partial charge >= 0.3 is 0 Å². The number of pyridine rings is 1. The average Bonchev–Trinajstić information content (AvgIpc) is 2.55. The Balaban J connectivity index is 2.12. The number of aromatic nitrogens is 1. The molecule has 110 valence electrons. The fourth-order valence-electron chi connectivity index (χ4n) is 1.96. The molecule has 0 aliphatic carbocycles. The summed E-state index contributed by atoms with van der Waals surface area (Å²) < 4.78 is 0. The molecule has 0 aliphatic heterocycles. The van der Waals surface area contributed by atoms with E-state index in [9.17, 15) is 9.90 Å². The summed E-state index contributed by atoms with van der Waals surface area (Å²) >= 11 is 0. The van der Waals surface area contributed by atoms with Crippen LogP contribution in [0.3, 0.4) is 0 Å². The monoisotopic (exact) mass is 285 g/mol. The van der Waals surface area contributed by atoms with Crippen LogP contribution in [0.2, 0.25) is 0 Å². The number of aliphatic hydroxyl groups excluding tert-OH is 1. The van der Waals surface area contributed by atoms with Crippen LogP contribution in [0.1, 0.15) is 22.5 Å². The molecule has 1 unspecified atom stereocenters. The molecular formula is C16H19N3O2. The molecule has 0 bridgehead atoms. The topological polar surface area (TPSA) is 88.2 Å². The molecule has 0 radical (unpaired) electrons. The minimum absolute atomic E-state index is 0.127. The minimum atomic E-state index is -0.531. The maximum absolute atomic E-state index is 12.4. The van der Waals surface area contributed by atoms with Crippen LogP contribution < -0.4 is 11.1 Å². The third-order valence-electron chi connectivity index (χ3n) is 3.13. The first-order chi connectivity index (χ1) is 10.2. The van der Waals surface area contributed by atoms with Gasteiger partial charge in [-0.05, 0) is 30.7 Å². The number of carbonyl (C=O) groups excluding carboxylic acids is 1. The Kier molecular flexibility index (Phi) is 5.43. The molecule has 0 saturated heterocycles. The lowest BCUT2D eigenvalue weighted by molar-refractivity contribution is 0.103. The van der Waals surface area contributed by atoms with Crippen molar-refractivity contribution in [3.05, 3.63) is 59.9 Å². The number of nitrogens with one attached hydrogen (secondary N) is 1. The molecule has 0 amide bonds. The van der Waals surface area contributed by atoms with Gasteiger partial charge in [0.25, 0.3) is 0 Å². The average molecular weight is 285 g/mol. The van der Waals surface area contributed by atoms with Crippen molar-refractivity contribution in [1.29, 1.82) is 0 Å². The van der Waals surface area contributed by atoms with Crippen molar-refractivity contribution in [2.45, 2.75) is 12.5 Å². The van der Waals surface area contributed by atoms with Crippen LogP contribution in [0.4, 0.5) is 5.69 Å². The van der Waals surface area contributed by atoms with E-state index in [1.54, 1.807) is 30.5 Å². The van der Waals surface area contributed by atoms with Crippen molar-refractivity contribution >= 4 is 11.5 Å². The first-order valence-corrected chi connectivity index (χ1v) is 6.89. The predicted molar refractivity (Wildman–Crippen MR) is 82.3 cm³/mol.